The lowest BCUT2D eigenvalue weighted by Gasteiger charge is -2.26. The summed E-state index contributed by atoms with van der Waals surface area (Å²) in [6.07, 6.45) is 1.80. The first kappa shape index (κ1) is 21.0. The van der Waals surface area contributed by atoms with E-state index in [0.29, 0.717) is 30.1 Å². The fourth-order valence-electron chi connectivity index (χ4n) is 4.33. The molecule has 1 atom stereocenters. The highest BCUT2D eigenvalue weighted by Gasteiger charge is 2.42. The van der Waals surface area contributed by atoms with Crippen LogP contribution in [0.2, 0.25) is 0 Å². The molecule has 3 aromatic rings. The largest absolute Gasteiger partial charge is 0.507 e. The Labute approximate surface area is 182 Å². The third kappa shape index (κ3) is 3.67. The molecule has 0 radical (unpaired) electrons. The van der Waals surface area contributed by atoms with Gasteiger partial charge in [0.25, 0.3) is 5.91 Å². The van der Waals surface area contributed by atoms with Gasteiger partial charge in [-0.3, -0.25) is 9.89 Å². The first-order valence-electron chi connectivity index (χ1n) is 10.9. The molecule has 0 saturated heterocycles. The predicted molar refractivity (Wildman–Crippen MR) is 121 cm³/mol. The Hall–Kier alpha value is -3.28. The van der Waals surface area contributed by atoms with Crippen LogP contribution in [0.4, 0.5) is 0 Å². The van der Waals surface area contributed by atoms with Crippen LogP contribution in [0.15, 0.2) is 36.4 Å². The van der Waals surface area contributed by atoms with E-state index in [2.05, 4.69) is 24.0 Å². The molecule has 1 unspecified atom stereocenters. The number of aryl methyl sites for hydroxylation is 2. The molecule has 2 N–H and O–H groups in total. The lowest BCUT2D eigenvalue weighted by atomic mass is 9.94. The first-order chi connectivity index (χ1) is 15.0. The molecule has 1 aliphatic rings. The van der Waals surface area contributed by atoms with Gasteiger partial charge in [-0.1, -0.05) is 32.0 Å². The lowest BCUT2D eigenvalue weighted by molar-refractivity contribution is 0.0744. The molecule has 2 heterocycles. The van der Waals surface area contributed by atoms with Crippen molar-refractivity contribution in [1.29, 1.82) is 0 Å². The second-order valence-electron chi connectivity index (χ2n) is 8.16. The maximum atomic E-state index is 13.2. The van der Waals surface area contributed by atoms with Gasteiger partial charge in [0.05, 0.1) is 12.6 Å². The third-order valence-corrected chi connectivity index (χ3v) is 5.70. The minimum absolute atomic E-state index is 0.0595. The summed E-state index contributed by atoms with van der Waals surface area (Å²) in [6.45, 7) is 9.31. The highest BCUT2D eigenvalue weighted by molar-refractivity contribution is 6.00. The maximum Gasteiger partial charge on any atom is 0.273 e. The Bertz CT molecular complexity index is 1100. The number of ether oxygens (including phenoxy) is 1. The number of fused-ring (bicyclic) bond motifs is 1. The zero-order valence-corrected chi connectivity index (χ0v) is 18.5. The van der Waals surface area contributed by atoms with E-state index in [1.165, 1.54) is 0 Å². The van der Waals surface area contributed by atoms with Gasteiger partial charge in [-0.05, 0) is 61.6 Å². The lowest BCUT2D eigenvalue weighted by Crippen LogP contribution is -2.30. The van der Waals surface area contributed by atoms with Crippen molar-refractivity contribution in [3.8, 4) is 22.8 Å². The number of H-pyrrole nitrogens is 1. The van der Waals surface area contributed by atoms with Crippen molar-refractivity contribution >= 4 is 5.91 Å². The fourth-order valence-corrected chi connectivity index (χ4v) is 4.33. The number of benzene rings is 2. The van der Waals surface area contributed by atoms with E-state index in [1.807, 2.05) is 55.1 Å². The molecule has 2 aromatic carbocycles. The normalized spacial score (nSPS) is 15.4. The number of aromatic hydroxyl groups is 1. The van der Waals surface area contributed by atoms with E-state index in [0.717, 1.165) is 40.8 Å². The van der Waals surface area contributed by atoms with Crippen LogP contribution in [-0.4, -0.2) is 39.3 Å². The quantitative estimate of drug-likeness (QED) is 0.556. The number of phenols is 1. The molecule has 0 spiro atoms. The number of hydrogen-bond acceptors (Lipinski definition) is 4. The number of nitrogens with one attached hydrogen (secondary N) is 1. The molecule has 1 aliphatic heterocycles. The molecule has 0 fully saturated rings. The molecular weight excluding hydrogens is 390 g/mol. The fraction of sp³-hybridized carbons (Fsp3) is 0.360. The highest BCUT2D eigenvalue weighted by atomic mass is 16.5. The summed E-state index contributed by atoms with van der Waals surface area (Å²) in [6, 6.07) is 11.5. The van der Waals surface area contributed by atoms with Crippen LogP contribution in [0.5, 0.6) is 11.5 Å². The Kier molecular flexibility index (Phi) is 5.72. The molecule has 4 rings (SSSR count). The summed E-state index contributed by atoms with van der Waals surface area (Å²) < 4.78 is 5.73. The number of phenolic OH excluding ortho intramolecular Hbond substituents is 1. The second-order valence-corrected chi connectivity index (χ2v) is 8.16. The molecule has 0 bridgehead atoms. The second kappa shape index (κ2) is 8.46. The smallest absolute Gasteiger partial charge is 0.273 e. The highest BCUT2D eigenvalue weighted by Crippen LogP contribution is 2.45. The monoisotopic (exact) mass is 419 g/mol. The van der Waals surface area contributed by atoms with Gasteiger partial charge in [-0.25, -0.2) is 0 Å². The summed E-state index contributed by atoms with van der Waals surface area (Å²) in [4.78, 5) is 15.1. The van der Waals surface area contributed by atoms with Crippen molar-refractivity contribution in [1.82, 2.24) is 15.1 Å². The molecule has 1 amide bonds. The molecule has 1 aromatic heterocycles. The van der Waals surface area contributed by atoms with E-state index >= 15 is 0 Å². The van der Waals surface area contributed by atoms with Gasteiger partial charge in [-0.2, -0.15) is 5.10 Å². The number of carbonyl (C=O) groups excluding carboxylic acids is 1. The van der Waals surface area contributed by atoms with Crippen LogP contribution in [0.25, 0.3) is 11.3 Å². The predicted octanol–water partition coefficient (Wildman–Crippen LogP) is 5.14. The van der Waals surface area contributed by atoms with Gasteiger partial charge >= 0.3 is 0 Å². The minimum atomic E-state index is -0.267. The average molecular weight is 420 g/mol. The van der Waals surface area contributed by atoms with Gasteiger partial charge in [0.1, 0.15) is 22.9 Å². The summed E-state index contributed by atoms with van der Waals surface area (Å²) in [7, 11) is 0. The van der Waals surface area contributed by atoms with Crippen molar-refractivity contribution in [2.75, 3.05) is 13.2 Å². The van der Waals surface area contributed by atoms with E-state index in [9.17, 15) is 9.90 Å². The molecule has 6 heteroatoms. The van der Waals surface area contributed by atoms with Crippen LogP contribution in [-0.2, 0) is 0 Å². The number of aromatic amines is 1. The average Bonchev–Trinajstić information content (AvgIpc) is 3.29. The van der Waals surface area contributed by atoms with Crippen molar-refractivity contribution in [3.63, 3.8) is 0 Å². The molecule has 162 valence electrons. The van der Waals surface area contributed by atoms with Gasteiger partial charge in [-0.15, -0.1) is 0 Å². The van der Waals surface area contributed by atoms with Crippen molar-refractivity contribution in [2.45, 2.75) is 46.6 Å². The van der Waals surface area contributed by atoms with Crippen LogP contribution in [0.1, 0.15) is 65.5 Å². The Balaban J connectivity index is 1.83. The van der Waals surface area contributed by atoms with Crippen LogP contribution >= 0.6 is 0 Å². The maximum absolute atomic E-state index is 13.2. The zero-order valence-electron chi connectivity index (χ0n) is 18.5. The van der Waals surface area contributed by atoms with E-state index in [4.69, 9.17) is 4.74 Å². The van der Waals surface area contributed by atoms with Crippen molar-refractivity contribution < 1.29 is 14.6 Å². The number of rotatable bonds is 7. The molecule has 0 saturated carbocycles. The van der Waals surface area contributed by atoms with Gasteiger partial charge in [0.15, 0.2) is 0 Å². The van der Waals surface area contributed by atoms with E-state index in [-0.39, 0.29) is 17.7 Å². The summed E-state index contributed by atoms with van der Waals surface area (Å²) in [5.41, 5.74) is 5.41. The Morgan fingerprint density at radius 1 is 1.13 bits per heavy atom. The van der Waals surface area contributed by atoms with Gasteiger partial charge < -0.3 is 14.7 Å². The standard InChI is InChI=1S/C25H29N3O3/c1-5-11-28-23(17-7-9-18(10-8-17)31-12-6-2)20-21(26-27-22(20)25(28)30)19-14-15(3)13-16(4)24(19)29/h7-10,13-14,23,29H,5-6,11-12H2,1-4H3,(H,26,27). The zero-order chi connectivity index (χ0) is 22.1. The molecule has 6 nitrogen and oxygen atoms in total. The van der Waals surface area contributed by atoms with Gasteiger partial charge in [0, 0.05) is 17.7 Å². The Morgan fingerprint density at radius 3 is 2.55 bits per heavy atom. The van der Waals surface area contributed by atoms with Gasteiger partial charge in [0.2, 0.25) is 0 Å². The van der Waals surface area contributed by atoms with Crippen LogP contribution < -0.4 is 4.74 Å². The molecular formula is C25H29N3O3. The Morgan fingerprint density at radius 2 is 1.87 bits per heavy atom. The molecule has 31 heavy (non-hydrogen) atoms. The SMILES string of the molecule is CCCOc1ccc(C2c3c(-c4cc(C)cc(C)c4O)n[nH]c3C(=O)N2CCC)cc1. The number of aromatic nitrogens is 2. The topological polar surface area (TPSA) is 78.5 Å². The summed E-state index contributed by atoms with van der Waals surface area (Å²) in [5.74, 6) is 0.954. The van der Waals surface area contributed by atoms with E-state index in [1.54, 1.807) is 0 Å². The van der Waals surface area contributed by atoms with Crippen LogP contribution in [0.3, 0.4) is 0 Å². The number of amides is 1. The van der Waals surface area contributed by atoms with Crippen molar-refractivity contribution in [3.05, 3.63) is 64.3 Å². The summed E-state index contributed by atoms with van der Waals surface area (Å²) >= 11 is 0. The molecule has 0 aliphatic carbocycles. The first-order valence-corrected chi connectivity index (χ1v) is 10.9. The number of carbonyl (C=O) groups is 1. The summed E-state index contributed by atoms with van der Waals surface area (Å²) in [5, 5.41) is 18.2. The van der Waals surface area contributed by atoms with E-state index < -0.39 is 0 Å². The number of nitrogens with zero attached hydrogens (tertiary/aromatic N) is 2. The minimum Gasteiger partial charge on any atom is -0.507 e. The number of hydrogen-bond donors (Lipinski definition) is 2. The third-order valence-electron chi connectivity index (χ3n) is 5.70. The van der Waals surface area contributed by atoms with Crippen LogP contribution in [0, 0.1) is 13.8 Å². The van der Waals surface area contributed by atoms with Crippen molar-refractivity contribution in [2.24, 2.45) is 0 Å².